The minimum Gasteiger partial charge on any atom is -0.480 e. The lowest BCUT2D eigenvalue weighted by Gasteiger charge is -2.05. The van der Waals surface area contributed by atoms with Crippen LogP contribution >= 0.6 is 0 Å². The number of carboxylic acid groups (broad SMARTS) is 1. The molecule has 116 valence electrons. The molecule has 1 aromatic heterocycles. The fourth-order valence-electron chi connectivity index (χ4n) is 2.27. The standard InChI is InChI=1S/C15H15FN2O4/c1-8(19)13(20)7-18-6-9(5-11(17)15(21)22)14-10(16)3-2-4-12(14)18/h2-4,6,11H,5,7,17H2,1H3,(H,21,22). The van der Waals surface area contributed by atoms with Crippen LogP contribution in [0.3, 0.4) is 0 Å². The fraction of sp³-hybridized carbons (Fsp3) is 0.267. The average molecular weight is 306 g/mol. The molecule has 3 N–H and O–H groups in total. The van der Waals surface area contributed by atoms with Gasteiger partial charge in [0.05, 0.1) is 12.1 Å². The van der Waals surface area contributed by atoms with Gasteiger partial charge in [0, 0.05) is 24.9 Å². The third-order valence-electron chi connectivity index (χ3n) is 3.40. The van der Waals surface area contributed by atoms with Crippen LogP contribution in [0.25, 0.3) is 10.9 Å². The third kappa shape index (κ3) is 3.04. The molecular weight excluding hydrogens is 291 g/mol. The van der Waals surface area contributed by atoms with Crippen molar-refractivity contribution in [2.75, 3.05) is 0 Å². The van der Waals surface area contributed by atoms with Crippen molar-refractivity contribution >= 4 is 28.4 Å². The van der Waals surface area contributed by atoms with Gasteiger partial charge in [0.2, 0.25) is 5.78 Å². The molecule has 1 heterocycles. The summed E-state index contributed by atoms with van der Waals surface area (Å²) < 4.78 is 15.5. The van der Waals surface area contributed by atoms with E-state index in [2.05, 4.69) is 0 Å². The molecule has 22 heavy (non-hydrogen) atoms. The number of rotatable bonds is 6. The molecule has 6 nitrogen and oxygen atoms in total. The number of hydrogen-bond donors (Lipinski definition) is 2. The van der Waals surface area contributed by atoms with Crippen molar-refractivity contribution in [1.82, 2.24) is 4.57 Å². The second-order valence-corrected chi connectivity index (χ2v) is 5.04. The monoisotopic (exact) mass is 306 g/mol. The highest BCUT2D eigenvalue weighted by Crippen LogP contribution is 2.25. The zero-order valence-corrected chi connectivity index (χ0v) is 11.9. The SMILES string of the molecule is CC(=O)C(=O)Cn1cc(CC(N)C(=O)O)c2c(F)cccc21. The van der Waals surface area contributed by atoms with Gasteiger partial charge in [-0.15, -0.1) is 0 Å². The van der Waals surface area contributed by atoms with Gasteiger partial charge in [0.1, 0.15) is 11.9 Å². The Hall–Kier alpha value is -2.54. The Bertz CT molecular complexity index is 766. The van der Waals surface area contributed by atoms with Crippen LogP contribution in [-0.2, 0) is 27.3 Å². The van der Waals surface area contributed by atoms with Crippen LogP contribution in [0.1, 0.15) is 12.5 Å². The molecule has 0 aliphatic rings. The van der Waals surface area contributed by atoms with Crippen LogP contribution in [-0.4, -0.2) is 33.3 Å². The highest BCUT2D eigenvalue weighted by Gasteiger charge is 2.20. The first-order valence-electron chi connectivity index (χ1n) is 6.59. The van der Waals surface area contributed by atoms with Crippen molar-refractivity contribution in [3.63, 3.8) is 0 Å². The predicted octanol–water partition coefficient (Wildman–Crippen LogP) is 0.893. The molecular formula is C15H15FN2O4. The Kier molecular flexibility index (Phi) is 4.37. The topological polar surface area (TPSA) is 102 Å². The maximum Gasteiger partial charge on any atom is 0.320 e. The molecule has 0 fully saturated rings. The number of ketones is 2. The molecule has 0 saturated heterocycles. The van der Waals surface area contributed by atoms with Crippen molar-refractivity contribution in [1.29, 1.82) is 0 Å². The summed E-state index contributed by atoms with van der Waals surface area (Å²) in [6.45, 7) is 0.938. The molecule has 2 aromatic rings. The van der Waals surface area contributed by atoms with E-state index in [0.29, 0.717) is 11.1 Å². The van der Waals surface area contributed by atoms with E-state index < -0.39 is 29.4 Å². The van der Waals surface area contributed by atoms with Crippen LogP contribution < -0.4 is 5.73 Å². The number of carbonyl (C=O) groups excluding carboxylic acids is 2. The van der Waals surface area contributed by atoms with Crippen molar-refractivity contribution < 1.29 is 23.9 Å². The average Bonchev–Trinajstić information content (AvgIpc) is 2.78. The number of fused-ring (bicyclic) bond motifs is 1. The number of carboxylic acids is 1. The van der Waals surface area contributed by atoms with Gasteiger partial charge < -0.3 is 15.4 Å². The van der Waals surface area contributed by atoms with Gasteiger partial charge >= 0.3 is 5.97 Å². The number of nitrogens with two attached hydrogens (primary N) is 1. The van der Waals surface area contributed by atoms with E-state index in [-0.39, 0.29) is 18.4 Å². The van der Waals surface area contributed by atoms with Gasteiger partial charge in [-0.1, -0.05) is 6.07 Å². The minimum atomic E-state index is -1.20. The Morgan fingerprint density at radius 2 is 2.05 bits per heavy atom. The number of aliphatic carboxylic acids is 1. The molecule has 0 aliphatic heterocycles. The summed E-state index contributed by atoms with van der Waals surface area (Å²) in [6, 6.07) is 3.15. The second kappa shape index (κ2) is 6.07. The highest BCUT2D eigenvalue weighted by molar-refractivity contribution is 6.36. The summed E-state index contributed by atoms with van der Waals surface area (Å²) in [7, 11) is 0. The molecule has 2 rings (SSSR count). The van der Waals surface area contributed by atoms with Crippen molar-refractivity contribution in [3.8, 4) is 0 Å². The molecule has 7 heteroatoms. The first-order valence-corrected chi connectivity index (χ1v) is 6.59. The van der Waals surface area contributed by atoms with Crippen LogP contribution in [0.2, 0.25) is 0 Å². The lowest BCUT2D eigenvalue weighted by atomic mass is 10.1. The molecule has 0 aliphatic carbocycles. The van der Waals surface area contributed by atoms with E-state index in [1.165, 1.54) is 22.9 Å². The molecule has 1 atom stereocenters. The maximum atomic E-state index is 14.1. The van der Waals surface area contributed by atoms with Gasteiger partial charge in [-0.05, 0) is 17.7 Å². The molecule has 0 bridgehead atoms. The second-order valence-electron chi connectivity index (χ2n) is 5.04. The summed E-state index contributed by atoms with van der Waals surface area (Å²) in [5.74, 6) is -2.94. The Balaban J connectivity index is 2.50. The van der Waals surface area contributed by atoms with E-state index in [1.807, 2.05) is 0 Å². The number of hydrogen-bond acceptors (Lipinski definition) is 4. The summed E-state index contributed by atoms with van der Waals surface area (Å²) in [6.07, 6.45) is 1.39. The van der Waals surface area contributed by atoms with Gasteiger partial charge in [0.15, 0.2) is 5.78 Å². The molecule has 0 saturated carbocycles. The van der Waals surface area contributed by atoms with Gasteiger partial charge in [-0.25, -0.2) is 4.39 Å². The quantitative estimate of drug-likeness (QED) is 0.772. The van der Waals surface area contributed by atoms with Gasteiger partial charge in [-0.2, -0.15) is 0 Å². The summed E-state index contributed by atoms with van der Waals surface area (Å²) in [5, 5.41) is 9.10. The smallest absolute Gasteiger partial charge is 0.320 e. The zero-order valence-electron chi connectivity index (χ0n) is 11.9. The van der Waals surface area contributed by atoms with Crippen LogP contribution in [0.15, 0.2) is 24.4 Å². The van der Waals surface area contributed by atoms with Gasteiger partial charge in [-0.3, -0.25) is 14.4 Å². The van der Waals surface area contributed by atoms with Gasteiger partial charge in [0.25, 0.3) is 0 Å². The molecule has 0 spiro atoms. The van der Waals surface area contributed by atoms with E-state index >= 15 is 0 Å². The van der Waals surface area contributed by atoms with Crippen LogP contribution in [0, 0.1) is 5.82 Å². The Morgan fingerprint density at radius 3 is 2.64 bits per heavy atom. The third-order valence-corrected chi connectivity index (χ3v) is 3.40. The highest BCUT2D eigenvalue weighted by atomic mass is 19.1. The van der Waals surface area contributed by atoms with Crippen LogP contribution in [0.5, 0.6) is 0 Å². The first-order chi connectivity index (χ1) is 10.3. The molecule has 0 radical (unpaired) electrons. The molecule has 1 aromatic carbocycles. The summed E-state index contributed by atoms with van der Waals surface area (Å²) in [5.41, 5.74) is 6.30. The molecule has 1 unspecified atom stereocenters. The predicted molar refractivity (Wildman–Crippen MR) is 76.9 cm³/mol. The lowest BCUT2D eigenvalue weighted by Crippen LogP contribution is -2.32. The van der Waals surface area contributed by atoms with Crippen molar-refractivity contribution in [2.24, 2.45) is 5.73 Å². The maximum absolute atomic E-state index is 14.1. The zero-order chi connectivity index (χ0) is 16.4. The minimum absolute atomic E-state index is 0.0754. The Labute approximate surface area is 125 Å². The molecule has 0 amide bonds. The van der Waals surface area contributed by atoms with E-state index in [9.17, 15) is 18.8 Å². The number of nitrogens with zero attached hydrogens (tertiary/aromatic N) is 1. The number of carbonyl (C=O) groups is 3. The normalized spacial score (nSPS) is 12.3. The van der Waals surface area contributed by atoms with Crippen molar-refractivity contribution in [2.45, 2.75) is 25.9 Å². The number of halogens is 1. The van der Waals surface area contributed by atoms with Crippen molar-refractivity contribution in [3.05, 3.63) is 35.8 Å². The lowest BCUT2D eigenvalue weighted by molar-refractivity contribution is -0.138. The summed E-state index contributed by atoms with van der Waals surface area (Å²) >= 11 is 0. The Morgan fingerprint density at radius 1 is 1.36 bits per heavy atom. The fourth-order valence-corrected chi connectivity index (χ4v) is 2.27. The summed E-state index contributed by atoms with van der Waals surface area (Å²) in [4.78, 5) is 33.6. The first kappa shape index (κ1) is 15.8. The number of Topliss-reactive ketones (excluding diaryl/α,β-unsaturated/α-hetero) is 2. The van der Waals surface area contributed by atoms with E-state index in [1.54, 1.807) is 6.07 Å². The number of aromatic nitrogens is 1. The van der Waals surface area contributed by atoms with E-state index in [4.69, 9.17) is 10.8 Å². The number of benzene rings is 1. The largest absolute Gasteiger partial charge is 0.480 e. The van der Waals surface area contributed by atoms with Crippen LogP contribution in [0.4, 0.5) is 4.39 Å². The van der Waals surface area contributed by atoms with E-state index in [0.717, 1.165) is 6.92 Å².